The topological polar surface area (TPSA) is 58.4 Å². The quantitative estimate of drug-likeness (QED) is 0.577. The molecule has 0 aliphatic carbocycles. The highest BCUT2D eigenvalue weighted by molar-refractivity contribution is 5.76. The Bertz CT molecular complexity index is 1020. The molecule has 0 spiro atoms. The molecule has 1 saturated heterocycles. The minimum absolute atomic E-state index is 0.0900. The average Bonchev–Trinajstić information content (AvgIpc) is 3.46. The van der Waals surface area contributed by atoms with Gasteiger partial charge >= 0.3 is 0 Å². The molecule has 2 heterocycles. The number of oxazole rings is 1. The second-order valence-electron chi connectivity index (χ2n) is 7.72. The molecule has 4 rings (SSSR count). The van der Waals surface area contributed by atoms with Gasteiger partial charge in [-0.3, -0.25) is 9.69 Å². The molecule has 1 N–H and O–H groups in total. The molecule has 2 aromatic carbocycles. The number of nitrogens with one attached hydrogen (secondary N) is 1. The number of likely N-dealkylation sites (tertiary alicyclic amines) is 1. The predicted molar refractivity (Wildman–Crippen MR) is 113 cm³/mol. The molecule has 162 valence electrons. The monoisotopic (exact) mass is 425 g/mol. The van der Waals surface area contributed by atoms with Gasteiger partial charge in [-0.05, 0) is 43.6 Å². The van der Waals surface area contributed by atoms with Crippen LogP contribution in [0.5, 0.6) is 0 Å². The molecule has 0 saturated carbocycles. The second-order valence-corrected chi connectivity index (χ2v) is 7.72. The molecular weight excluding hydrogens is 400 g/mol. The maximum absolute atomic E-state index is 13.9. The Morgan fingerprint density at radius 2 is 1.90 bits per heavy atom. The standard InChI is InChI=1S/C24H25F2N3O2/c25-18-8-9-19(20(26)14-18)22-16-28-24(31-22)11-10-23(30)27-15-21(29-12-4-5-13-29)17-6-2-1-3-7-17/h1-3,6-9,14,16,21H,4-5,10-13,15H2,(H,27,30)/t21-/m0/s1. The van der Waals surface area contributed by atoms with E-state index in [4.69, 9.17) is 4.42 Å². The summed E-state index contributed by atoms with van der Waals surface area (Å²) >= 11 is 0. The van der Waals surface area contributed by atoms with E-state index in [2.05, 4.69) is 27.3 Å². The minimum Gasteiger partial charge on any atom is -0.441 e. The Hall–Kier alpha value is -3.06. The first kappa shape index (κ1) is 21.2. The lowest BCUT2D eigenvalue weighted by molar-refractivity contribution is -0.121. The van der Waals surface area contributed by atoms with Crippen molar-refractivity contribution < 1.29 is 18.0 Å². The third kappa shape index (κ3) is 5.35. The van der Waals surface area contributed by atoms with E-state index >= 15 is 0 Å². The van der Waals surface area contributed by atoms with Crippen LogP contribution in [0.3, 0.4) is 0 Å². The number of carbonyl (C=O) groups is 1. The van der Waals surface area contributed by atoms with Crippen molar-refractivity contribution in [2.45, 2.75) is 31.7 Å². The van der Waals surface area contributed by atoms with Crippen LogP contribution in [0, 0.1) is 11.6 Å². The van der Waals surface area contributed by atoms with E-state index in [0.717, 1.165) is 25.2 Å². The highest BCUT2D eigenvalue weighted by Gasteiger charge is 2.23. The van der Waals surface area contributed by atoms with E-state index in [0.29, 0.717) is 18.9 Å². The number of rotatable bonds is 8. The van der Waals surface area contributed by atoms with Gasteiger partial charge in [-0.25, -0.2) is 13.8 Å². The number of hydrogen-bond donors (Lipinski definition) is 1. The molecule has 1 fully saturated rings. The summed E-state index contributed by atoms with van der Waals surface area (Å²) in [6.45, 7) is 2.61. The molecule has 1 aliphatic heterocycles. The highest BCUT2D eigenvalue weighted by Crippen LogP contribution is 2.25. The summed E-state index contributed by atoms with van der Waals surface area (Å²) in [5, 5.41) is 3.03. The Morgan fingerprint density at radius 3 is 2.65 bits per heavy atom. The number of nitrogens with zero attached hydrogens (tertiary/aromatic N) is 2. The molecule has 3 aromatic rings. The molecule has 1 aromatic heterocycles. The smallest absolute Gasteiger partial charge is 0.220 e. The fourth-order valence-corrected chi connectivity index (χ4v) is 3.95. The number of amides is 1. The summed E-state index contributed by atoms with van der Waals surface area (Å²) in [6.07, 6.45) is 4.26. The largest absolute Gasteiger partial charge is 0.441 e. The van der Waals surface area contributed by atoms with Crippen LogP contribution in [0.15, 0.2) is 59.1 Å². The van der Waals surface area contributed by atoms with Gasteiger partial charge < -0.3 is 9.73 Å². The van der Waals surface area contributed by atoms with Crippen molar-refractivity contribution >= 4 is 5.91 Å². The Kier molecular flexibility index (Phi) is 6.72. The summed E-state index contributed by atoms with van der Waals surface area (Å²) in [7, 11) is 0. The van der Waals surface area contributed by atoms with Crippen molar-refractivity contribution in [2.75, 3.05) is 19.6 Å². The van der Waals surface area contributed by atoms with Crippen molar-refractivity contribution in [1.29, 1.82) is 0 Å². The molecule has 1 atom stereocenters. The van der Waals surface area contributed by atoms with Gasteiger partial charge in [-0.1, -0.05) is 30.3 Å². The maximum Gasteiger partial charge on any atom is 0.220 e. The molecular formula is C24H25F2N3O2. The molecule has 1 amide bonds. The second kappa shape index (κ2) is 9.83. The van der Waals surface area contributed by atoms with Gasteiger partial charge in [0.2, 0.25) is 5.91 Å². The van der Waals surface area contributed by atoms with Gasteiger partial charge in [0.1, 0.15) is 11.6 Å². The highest BCUT2D eigenvalue weighted by atomic mass is 19.1. The molecule has 7 heteroatoms. The number of aromatic nitrogens is 1. The lowest BCUT2D eigenvalue weighted by Gasteiger charge is -2.28. The van der Waals surface area contributed by atoms with Crippen molar-refractivity contribution in [3.63, 3.8) is 0 Å². The van der Waals surface area contributed by atoms with Crippen LogP contribution < -0.4 is 5.32 Å². The van der Waals surface area contributed by atoms with E-state index in [-0.39, 0.29) is 29.7 Å². The zero-order valence-electron chi connectivity index (χ0n) is 17.2. The summed E-state index contributed by atoms with van der Waals surface area (Å²) in [5.41, 5.74) is 1.34. The SMILES string of the molecule is O=C(CCc1ncc(-c2ccc(F)cc2F)o1)NC[C@@H](c1ccccc1)N1CCCC1. The Labute approximate surface area is 180 Å². The van der Waals surface area contributed by atoms with E-state index in [1.807, 2.05) is 18.2 Å². The Balaban J connectivity index is 1.32. The van der Waals surface area contributed by atoms with Gasteiger partial charge in [0.05, 0.1) is 17.8 Å². The molecule has 31 heavy (non-hydrogen) atoms. The van der Waals surface area contributed by atoms with Gasteiger partial charge in [-0.15, -0.1) is 0 Å². The first-order valence-electron chi connectivity index (χ1n) is 10.6. The summed E-state index contributed by atoms with van der Waals surface area (Å²) < 4.78 is 32.5. The third-order valence-electron chi connectivity index (χ3n) is 5.57. The number of benzene rings is 2. The third-order valence-corrected chi connectivity index (χ3v) is 5.57. The van der Waals surface area contributed by atoms with Crippen molar-refractivity contribution in [3.05, 3.63) is 77.8 Å². The summed E-state index contributed by atoms with van der Waals surface area (Å²) in [6, 6.07) is 13.6. The zero-order valence-corrected chi connectivity index (χ0v) is 17.2. The number of hydrogen-bond acceptors (Lipinski definition) is 4. The number of halogens is 2. The lowest BCUT2D eigenvalue weighted by atomic mass is 10.1. The van der Waals surface area contributed by atoms with Crippen LogP contribution in [0.4, 0.5) is 8.78 Å². The van der Waals surface area contributed by atoms with E-state index in [1.165, 1.54) is 30.7 Å². The first-order chi connectivity index (χ1) is 15.1. The fourth-order valence-electron chi connectivity index (χ4n) is 3.95. The van der Waals surface area contributed by atoms with Gasteiger partial charge in [-0.2, -0.15) is 0 Å². The molecule has 1 aliphatic rings. The van der Waals surface area contributed by atoms with Crippen molar-refractivity contribution in [2.24, 2.45) is 0 Å². The van der Waals surface area contributed by atoms with Crippen LogP contribution in [-0.2, 0) is 11.2 Å². The molecule has 5 nitrogen and oxygen atoms in total. The number of carbonyl (C=O) groups excluding carboxylic acids is 1. The average molecular weight is 425 g/mol. The molecule has 0 radical (unpaired) electrons. The van der Waals surface area contributed by atoms with Crippen LogP contribution in [-0.4, -0.2) is 35.4 Å². The van der Waals surface area contributed by atoms with Crippen LogP contribution >= 0.6 is 0 Å². The van der Waals surface area contributed by atoms with Gasteiger partial charge in [0.15, 0.2) is 11.7 Å². The first-order valence-corrected chi connectivity index (χ1v) is 10.6. The minimum atomic E-state index is -0.714. The van der Waals surface area contributed by atoms with Crippen molar-refractivity contribution in [3.8, 4) is 11.3 Å². The van der Waals surface area contributed by atoms with Crippen LogP contribution in [0.25, 0.3) is 11.3 Å². The zero-order chi connectivity index (χ0) is 21.6. The van der Waals surface area contributed by atoms with E-state index in [9.17, 15) is 13.6 Å². The number of aryl methyl sites for hydroxylation is 1. The van der Waals surface area contributed by atoms with Gasteiger partial charge in [0, 0.05) is 25.5 Å². The predicted octanol–water partition coefficient (Wildman–Crippen LogP) is 4.51. The van der Waals surface area contributed by atoms with E-state index in [1.54, 1.807) is 0 Å². The summed E-state index contributed by atoms with van der Waals surface area (Å²) in [5.74, 6) is -0.901. The van der Waals surface area contributed by atoms with Crippen molar-refractivity contribution in [1.82, 2.24) is 15.2 Å². The maximum atomic E-state index is 13.9. The van der Waals surface area contributed by atoms with Crippen LogP contribution in [0.2, 0.25) is 0 Å². The van der Waals surface area contributed by atoms with E-state index < -0.39 is 11.6 Å². The van der Waals surface area contributed by atoms with Gasteiger partial charge in [0.25, 0.3) is 0 Å². The summed E-state index contributed by atoms with van der Waals surface area (Å²) in [4.78, 5) is 19.0. The Morgan fingerprint density at radius 1 is 1.13 bits per heavy atom. The fraction of sp³-hybridized carbons (Fsp3) is 0.333. The molecule has 0 unspecified atom stereocenters. The lowest BCUT2D eigenvalue weighted by Crippen LogP contribution is -2.36. The van der Waals surface area contributed by atoms with Crippen LogP contribution in [0.1, 0.15) is 36.8 Å². The molecule has 0 bridgehead atoms. The normalized spacial score (nSPS) is 15.2.